The van der Waals surface area contributed by atoms with Crippen LogP contribution in [0.2, 0.25) is 0 Å². The lowest BCUT2D eigenvalue weighted by molar-refractivity contribution is -0.117. The van der Waals surface area contributed by atoms with Gasteiger partial charge < -0.3 is 10.6 Å². The molecular weight excluding hydrogens is 356 g/mol. The topological polar surface area (TPSA) is 113 Å². The summed E-state index contributed by atoms with van der Waals surface area (Å²) < 4.78 is 0.871. The van der Waals surface area contributed by atoms with Gasteiger partial charge in [0.15, 0.2) is 0 Å². The number of amides is 2. The molecule has 8 nitrogen and oxygen atoms in total. The first-order chi connectivity index (χ1) is 12.3. The average molecular weight is 372 g/mol. The van der Waals surface area contributed by atoms with Gasteiger partial charge in [-0.05, 0) is 37.3 Å². The molecule has 1 aromatic carbocycles. The van der Waals surface area contributed by atoms with Crippen LogP contribution in [0.5, 0.6) is 0 Å². The van der Waals surface area contributed by atoms with E-state index in [9.17, 15) is 19.2 Å². The fraction of sp³-hybridized carbons (Fsp3) is 0.176. The van der Waals surface area contributed by atoms with Gasteiger partial charge in [0, 0.05) is 23.2 Å². The summed E-state index contributed by atoms with van der Waals surface area (Å²) in [6, 6.07) is 8.18. The summed E-state index contributed by atoms with van der Waals surface area (Å²) in [5.74, 6) is -0.698. The van der Waals surface area contributed by atoms with Crippen molar-refractivity contribution >= 4 is 44.7 Å². The van der Waals surface area contributed by atoms with Crippen LogP contribution in [0, 0.1) is 6.92 Å². The van der Waals surface area contributed by atoms with E-state index in [1.165, 1.54) is 18.3 Å². The second-order valence-corrected chi connectivity index (χ2v) is 6.98. The Morgan fingerprint density at radius 2 is 1.73 bits per heavy atom. The highest BCUT2D eigenvalue weighted by Crippen LogP contribution is 2.18. The van der Waals surface area contributed by atoms with Gasteiger partial charge in [-0.2, -0.15) is 0 Å². The number of fused-ring (bicyclic) bond motifs is 1. The van der Waals surface area contributed by atoms with E-state index >= 15 is 0 Å². The molecule has 0 aliphatic carbocycles. The molecule has 0 atom stereocenters. The first-order valence-corrected chi connectivity index (χ1v) is 8.56. The van der Waals surface area contributed by atoms with E-state index in [4.69, 9.17) is 0 Å². The third-order valence-corrected chi connectivity index (χ3v) is 4.55. The minimum absolute atomic E-state index is 0.195. The molecule has 3 N–H and O–H groups in total. The number of rotatable bonds is 4. The molecule has 0 spiro atoms. The smallest absolute Gasteiger partial charge is 0.326 e. The normalized spacial score (nSPS) is 10.7. The van der Waals surface area contributed by atoms with Crippen molar-refractivity contribution in [2.75, 3.05) is 10.6 Å². The monoisotopic (exact) mass is 372 g/mol. The molecule has 2 amide bonds. The van der Waals surface area contributed by atoms with Crippen molar-refractivity contribution in [3.8, 4) is 0 Å². The first kappa shape index (κ1) is 17.6. The third kappa shape index (κ3) is 3.72. The molecule has 9 heteroatoms. The number of H-pyrrole nitrogens is 1. The number of anilines is 2. The molecule has 3 rings (SSSR count). The lowest BCUT2D eigenvalue weighted by atomic mass is 10.2. The van der Waals surface area contributed by atoms with Crippen molar-refractivity contribution in [3.05, 3.63) is 56.0 Å². The summed E-state index contributed by atoms with van der Waals surface area (Å²) in [6.07, 6.45) is 0. The Kier molecular flexibility index (Phi) is 4.72. The van der Waals surface area contributed by atoms with Crippen LogP contribution in [0.3, 0.4) is 0 Å². The molecule has 134 valence electrons. The zero-order valence-electron chi connectivity index (χ0n) is 14.1. The molecule has 0 radical (unpaired) electrons. The maximum absolute atomic E-state index is 12.4. The molecule has 0 fully saturated rings. The van der Waals surface area contributed by atoms with Crippen molar-refractivity contribution in [2.45, 2.75) is 20.4 Å². The zero-order chi connectivity index (χ0) is 18.8. The zero-order valence-corrected chi connectivity index (χ0v) is 14.9. The number of aryl methyl sites for hydroxylation is 1. The molecule has 0 saturated carbocycles. The van der Waals surface area contributed by atoms with Gasteiger partial charge >= 0.3 is 5.69 Å². The Morgan fingerprint density at radius 3 is 2.35 bits per heavy atom. The predicted octanol–water partition coefficient (Wildman–Crippen LogP) is 1.66. The Hall–Kier alpha value is -3.20. The van der Waals surface area contributed by atoms with Gasteiger partial charge in [-0.25, -0.2) is 4.79 Å². The molecule has 2 heterocycles. The van der Waals surface area contributed by atoms with Crippen molar-refractivity contribution in [3.63, 3.8) is 0 Å². The second-order valence-electron chi connectivity index (χ2n) is 5.73. The van der Waals surface area contributed by atoms with Crippen LogP contribution in [-0.2, 0) is 16.1 Å². The van der Waals surface area contributed by atoms with Crippen molar-refractivity contribution < 1.29 is 9.59 Å². The summed E-state index contributed by atoms with van der Waals surface area (Å²) in [7, 11) is 0. The number of aromatic nitrogens is 2. The van der Waals surface area contributed by atoms with Gasteiger partial charge in [-0.3, -0.25) is 23.9 Å². The fourth-order valence-corrected chi connectivity index (χ4v) is 3.39. The van der Waals surface area contributed by atoms with Crippen molar-refractivity contribution in [1.82, 2.24) is 9.55 Å². The van der Waals surface area contributed by atoms with Gasteiger partial charge in [-0.15, -0.1) is 11.3 Å². The number of hydrogen-bond acceptors (Lipinski definition) is 5. The molecule has 2 aromatic heterocycles. The molecule has 3 aromatic rings. The van der Waals surface area contributed by atoms with E-state index in [0.29, 0.717) is 21.6 Å². The van der Waals surface area contributed by atoms with Crippen LogP contribution in [0.4, 0.5) is 11.4 Å². The number of benzene rings is 1. The van der Waals surface area contributed by atoms with Crippen LogP contribution in [0.25, 0.3) is 10.2 Å². The van der Waals surface area contributed by atoms with Crippen LogP contribution in [-0.4, -0.2) is 21.4 Å². The van der Waals surface area contributed by atoms with E-state index in [-0.39, 0.29) is 5.91 Å². The number of thiophene rings is 1. The number of hydrogen-bond donors (Lipinski definition) is 3. The SMILES string of the molecule is CC(=O)Nc1ccc(NC(=O)Cn2c(=O)[nH]c3sc(C)cc3c2=O)cc1. The summed E-state index contributed by atoms with van der Waals surface area (Å²) >= 11 is 1.32. The van der Waals surface area contributed by atoms with Gasteiger partial charge in [0.2, 0.25) is 11.8 Å². The second kappa shape index (κ2) is 6.96. The van der Waals surface area contributed by atoms with E-state index < -0.39 is 23.7 Å². The number of nitrogens with zero attached hydrogens (tertiary/aromatic N) is 1. The maximum Gasteiger partial charge on any atom is 0.329 e. The van der Waals surface area contributed by atoms with Crippen molar-refractivity contribution in [1.29, 1.82) is 0 Å². The lowest BCUT2D eigenvalue weighted by Gasteiger charge is -2.08. The first-order valence-electron chi connectivity index (χ1n) is 7.74. The highest BCUT2D eigenvalue weighted by Gasteiger charge is 2.13. The van der Waals surface area contributed by atoms with Crippen LogP contribution in [0.1, 0.15) is 11.8 Å². The highest BCUT2D eigenvalue weighted by atomic mass is 32.1. The molecule has 0 unspecified atom stereocenters. The maximum atomic E-state index is 12.4. The van der Waals surface area contributed by atoms with Crippen LogP contribution < -0.4 is 21.9 Å². The third-order valence-electron chi connectivity index (χ3n) is 3.59. The average Bonchev–Trinajstić information content (AvgIpc) is 2.93. The summed E-state index contributed by atoms with van der Waals surface area (Å²) in [5.41, 5.74) is -0.0350. The van der Waals surface area contributed by atoms with Crippen LogP contribution >= 0.6 is 11.3 Å². The highest BCUT2D eigenvalue weighted by molar-refractivity contribution is 7.18. The largest absolute Gasteiger partial charge is 0.329 e. The molecule has 0 saturated heterocycles. The number of carbonyl (C=O) groups is 2. The van der Waals surface area contributed by atoms with E-state index in [1.807, 2.05) is 6.92 Å². The van der Waals surface area contributed by atoms with Crippen LogP contribution in [0.15, 0.2) is 39.9 Å². The van der Waals surface area contributed by atoms with Gasteiger partial charge in [0.1, 0.15) is 11.4 Å². The Bertz CT molecular complexity index is 1110. The fourth-order valence-electron chi connectivity index (χ4n) is 2.50. The van der Waals surface area contributed by atoms with Gasteiger partial charge in [0.05, 0.1) is 5.39 Å². The molecule has 26 heavy (non-hydrogen) atoms. The van der Waals surface area contributed by atoms with E-state index in [0.717, 1.165) is 9.44 Å². The minimum Gasteiger partial charge on any atom is -0.326 e. The molecular formula is C17H16N4O4S. The molecule has 0 aliphatic rings. The number of carbonyl (C=O) groups excluding carboxylic acids is 2. The Labute approximate surface area is 151 Å². The quantitative estimate of drug-likeness (QED) is 0.646. The predicted molar refractivity (Wildman–Crippen MR) is 101 cm³/mol. The van der Waals surface area contributed by atoms with Gasteiger partial charge in [-0.1, -0.05) is 0 Å². The Morgan fingerprint density at radius 1 is 1.12 bits per heavy atom. The summed E-state index contributed by atoms with van der Waals surface area (Å²) in [5, 5.41) is 5.62. The van der Waals surface area contributed by atoms with E-state index in [1.54, 1.807) is 30.3 Å². The molecule has 0 aliphatic heterocycles. The number of nitrogens with one attached hydrogen (secondary N) is 3. The number of aromatic amines is 1. The standard InChI is InChI=1S/C17H16N4O4S/c1-9-7-13-15(26-9)20-17(25)21(16(13)24)8-14(23)19-12-5-3-11(4-6-12)18-10(2)22/h3-7H,8H2,1-2H3,(H,18,22)(H,19,23)(H,20,25). The Balaban J connectivity index is 1.78. The minimum atomic E-state index is -0.625. The summed E-state index contributed by atoms with van der Waals surface area (Å²) in [6.45, 7) is 2.84. The lowest BCUT2D eigenvalue weighted by Crippen LogP contribution is -2.38. The van der Waals surface area contributed by atoms with E-state index in [2.05, 4.69) is 15.6 Å². The molecule has 0 bridgehead atoms. The van der Waals surface area contributed by atoms with Gasteiger partial charge in [0.25, 0.3) is 5.56 Å². The summed E-state index contributed by atoms with van der Waals surface area (Å²) in [4.78, 5) is 51.7. The van der Waals surface area contributed by atoms with Crippen molar-refractivity contribution in [2.24, 2.45) is 0 Å².